The minimum absolute atomic E-state index is 0.271. The Labute approximate surface area is 146 Å². The van der Waals surface area contributed by atoms with Crippen molar-refractivity contribution in [2.24, 2.45) is 0 Å². The van der Waals surface area contributed by atoms with Crippen LogP contribution in [0.3, 0.4) is 0 Å². The first-order chi connectivity index (χ1) is 10.9. The summed E-state index contributed by atoms with van der Waals surface area (Å²) in [6.45, 7) is 5.87. The maximum Gasteiger partial charge on any atom is 0.265 e. The van der Waals surface area contributed by atoms with Gasteiger partial charge in [0.1, 0.15) is 5.75 Å². The summed E-state index contributed by atoms with van der Waals surface area (Å²) in [5.41, 5.74) is 1.57. The number of ether oxygens (including phenoxy) is 1. The Morgan fingerprint density at radius 1 is 1.09 bits per heavy atom. The molecule has 0 fully saturated rings. The van der Waals surface area contributed by atoms with Crippen LogP contribution in [-0.2, 0) is 4.79 Å². The highest BCUT2D eigenvalue weighted by Gasteiger charge is 2.18. The monoisotopic (exact) mass is 351 g/mol. The molecule has 23 heavy (non-hydrogen) atoms. The summed E-state index contributed by atoms with van der Waals surface area (Å²) >= 11 is 11.9. The van der Waals surface area contributed by atoms with Gasteiger partial charge in [-0.3, -0.25) is 4.79 Å². The van der Waals surface area contributed by atoms with Gasteiger partial charge in [-0.25, -0.2) is 0 Å². The van der Waals surface area contributed by atoms with Crippen LogP contribution in [0.15, 0.2) is 42.5 Å². The molecule has 0 aliphatic carbocycles. The van der Waals surface area contributed by atoms with E-state index in [9.17, 15) is 4.79 Å². The number of anilines is 1. The van der Waals surface area contributed by atoms with Crippen molar-refractivity contribution in [3.8, 4) is 5.75 Å². The van der Waals surface area contributed by atoms with Crippen molar-refractivity contribution in [2.75, 3.05) is 5.32 Å². The minimum atomic E-state index is -0.651. The summed E-state index contributed by atoms with van der Waals surface area (Å²) < 4.78 is 5.82. The van der Waals surface area contributed by atoms with Crippen LogP contribution in [0.5, 0.6) is 5.75 Å². The summed E-state index contributed by atoms with van der Waals surface area (Å²) in [6.07, 6.45) is -0.651. The predicted octanol–water partition coefficient (Wildman–Crippen LogP) is 5.52. The van der Waals surface area contributed by atoms with Crippen molar-refractivity contribution < 1.29 is 9.53 Å². The largest absolute Gasteiger partial charge is 0.481 e. The molecule has 1 unspecified atom stereocenters. The Hall–Kier alpha value is -1.71. The molecular weight excluding hydrogens is 333 g/mol. The standard InChI is InChI=1S/C18H19Cl2NO2/c1-11(2)14-6-4-5-7-17(14)23-12(3)18(22)21-16-9-8-13(19)10-15(16)20/h4-12H,1-3H3,(H,21,22). The number of amides is 1. The number of para-hydroxylation sites is 1. The quantitative estimate of drug-likeness (QED) is 0.769. The fourth-order valence-corrected chi connectivity index (χ4v) is 2.59. The lowest BCUT2D eigenvalue weighted by Gasteiger charge is -2.19. The summed E-state index contributed by atoms with van der Waals surface area (Å²) in [5, 5.41) is 3.66. The van der Waals surface area contributed by atoms with Crippen molar-refractivity contribution in [1.82, 2.24) is 0 Å². The SMILES string of the molecule is CC(Oc1ccccc1C(C)C)C(=O)Nc1ccc(Cl)cc1Cl. The van der Waals surface area contributed by atoms with Crippen molar-refractivity contribution in [2.45, 2.75) is 32.8 Å². The van der Waals surface area contributed by atoms with E-state index in [0.717, 1.165) is 5.56 Å². The van der Waals surface area contributed by atoms with Crippen LogP contribution in [0.1, 0.15) is 32.3 Å². The van der Waals surface area contributed by atoms with Gasteiger partial charge in [0, 0.05) is 5.02 Å². The number of carbonyl (C=O) groups is 1. The average molecular weight is 352 g/mol. The third kappa shape index (κ3) is 4.63. The van der Waals surface area contributed by atoms with Crippen LogP contribution in [0, 0.1) is 0 Å². The van der Waals surface area contributed by atoms with Crippen LogP contribution in [0.2, 0.25) is 10.0 Å². The zero-order chi connectivity index (χ0) is 17.0. The maximum atomic E-state index is 12.3. The van der Waals surface area contributed by atoms with Gasteiger partial charge < -0.3 is 10.1 Å². The van der Waals surface area contributed by atoms with Gasteiger partial charge >= 0.3 is 0 Å². The summed E-state index contributed by atoms with van der Waals surface area (Å²) in [6, 6.07) is 12.6. The highest BCUT2D eigenvalue weighted by Crippen LogP contribution is 2.28. The number of benzene rings is 2. The molecule has 122 valence electrons. The normalized spacial score (nSPS) is 12.1. The molecule has 0 bridgehead atoms. The van der Waals surface area contributed by atoms with E-state index in [4.69, 9.17) is 27.9 Å². The second-order valence-corrected chi connectivity index (χ2v) is 6.41. The van der Waals surface area contributed by atoms with Crippen LogP contribution < -0.4 is 10.1 Å². The second kappa shape index (κ2) is 7.71. The molecule has 1 atom stereocenters. The van der Waals surface area contributed by atoms with Gasteiger partial charge in [-0.2, -0.15) is 0 Å². The molecule has 0 aromatic heterocycles. The van der Waals surface area contributed by atoms with Gasteiger partial charge in [-0.05, 0) is 42.7 Å². The Kier molecular flexibility index (Phi) is 5.91. The van der Waals surface area contributed by atoms with Crippen molar-refractivity contribution >= 4 is 34.8 Å². The Morgan fingerprint density at radius 3 is 2.43 bits per heavy atom. The molecule has 2 rings (SSSR count). The zero-order valence-corrected chi connectivity index (χ0v) is 14.8. The minimum Gasteiger partial charge on any atom is -0.481 e. The predicted molar refractivity (Wildman–Crippen MR) is 95.7 cm³/mol. The molecule has 0 aliphatic heterocycles. The maximum absolute atomic E-state index is 12.3. The highest BCUT2D eigenvalue weighted by molar-refractivity contribution is 6.36. The van der Waals surface area contributed by atoms with E-state index in [-0.39, 0.29) is 5.91 Å². The number of hydrogen-bond acceptors (Lipinski definition) is 2. The Morgan fingerprint density at radius 2 is 1.78 bits per heavy atom. The van der Waals surface area contributed by atoms with Crippen molar-refractivity contribution in [3.05, 3.63) is 58.1 Å². The van der Waals surface area contributed by atoms with Crippen molar-refractivity contribution in [1.29, 1.82) is 0 Å². The van der Waals surface area contributed by atoms with Gasteiger partial charge in [0.15, 0.2) is 6.10 Å². The van der Waals surface area contributed by atoms with Crippen LogP contribution in [-0.4, -0.2) is 12.0 Å². The fraction of sp³-hybridized carbons (Fsp3) is 0.278. The van der Waals surface area contributed by atoms with E-state index in [2.05, 4.69) is 19.2 Å². The molecule has 3 nitrogen and oxygen atoms in total. The first-order valence-corrected chi connectivity index (χ1v) is 8.15. The Bertz CT molecular complexity index is 701. The van der Waals surface area contributed by atoms with Crippen LogP contribution >= 0.6 is 23.2 Å². The number of halogens is 2. The van der Waals surface area contributed by atoms with Gasteiger partial charge in [-0.1, -0.05) is 55.2 Å². The lowest BCUT2D eigenvalue weighted by molar-refractivity contribution is -0.122. The van der Waals surface area contributed by atoms with E-state index in [0.29, 0.717) is 27.4 Å². The van der Waals surface area contributed by atoms with Gasteiger partial charge in [0.2, 0.25) is 0 Å². The van der Waals surface area contributed by atoms with E-state index in [1.807, 2.05) is 24.3 Å². The van der Waals surface area contributed by atoms with E-state index in [1.54, 1.807) is 25.1 Å². The smallest absolute Gasteiger partial charge is 0.265 e. The van der Waals surface area contributed by atoms with Crippen molar-refractivity contribution in [3.63, 3.8) is 0 Å². The van der Waals surface area contributed by atoms with Crippen LogP contribution in [0.4, 0.5) is 5.69 Å². The molecule has 0 radical (unpaired) electrons. The molecule has 0 heterocycles. The van der Waals surface area contributed by atoms with E-state index < -0.39 is 6.10 Å². The molecule has 1 amide bonds. The molecule has 0 saturated heterocycles. The number of nitrogens with one attached hydrogen (secondary N) is 1. The van der Waals surface area contributed by atoms with Gasteiger partial charge in [0.05, 0.1) is 10.7 Å². The summed E-state index contributed by atoms with van der Waals surface area (Å²) in [7, 11) is 0. The molecule has 5 heteroatoms. The molecule has 1 N–H and O–H groups in total. The first kappa shape index (κ1) is 17.6. The van der Waals surface area contributed by atoms with E-state index >= 15 is 0 Å². The van der Waals surface area contributed by atoms with Crippen LogP contribution in [0.25, 0.3) is 0 Å². The number of rotatable bonds is 5. The molecule has 0 saturated carbocycles. The Balaban J connectivity index is 2.09. The molecule has 2 aromatic rings. The highest BCUT2D eigenvalue weighted by atomic mass is 35.5. The summed E-state index contributed by atoms with van der Waals surface area (Å²) in [4.78, 5) is 12.3. The average Bonchev–Trinajstić information content (AvgIpc) is 2.50. The number of hydrogen-bond donors (Lipinski definition) is 1. The molecule has 2 aromatic carbocycles. The summed E-state index contributed by atoms with van der Waals surface area (Å²) in [5.74, 6) is 0.757. The first-order valence-electron chi connectivity index (χ1n) is 7.40. The molecule has 0 spiro atoms. The lowest BCUT2D eigenvalue weighted by Crippen LogP contribution is -2.30. The molecule has 0 aliphatic rings. The molecular formula is C18H19Cl2NO2. The topological polar surface area (TPSA) is 38.3 Å². The third-order valence-corrected chi connectivity index (χ3v) is 3.95. The zero-order valence-electron chi connectivity index (χ0n) is 13.3. The lowest BCUT2D eigenvalue weighted by atomic mass is 10.0. The third-order valence-electron chi connectivity index (χ3n) is 3.40. The van der Waals surface area contributed by atoms with E-state index in [1.165, 1.54) is 0 Å². The van der Waals surface area contributed by atoms with Gasteiger partial charge in [-0.15, -0.1) is 0 Å². The number of carbonyl (C=O) groups excluding carboxylic acids is 1. The second-order valence-electron chi connectivity index (χ2n) is 5.57. The van der Waals surface area contributed by atoms with Gasteiger partial charge in [0.25, 0.3) is 5.91 Å². The fourth-order valence-electron chi connectivity index (χ4n) is 2.13.